The first-order valence-corrected chi connectivity index (χ1v) is 9.68. The van der Waals surface area contributed by atoms with Gasteiger partial charge in [-0.3, -0.25) is 4.79 Å². The van der Waals surface area contributed by atoms with Crippen molar-refractivity contribution in [1.29, 1.82) is 0 Å². The number of para-hydroxylation sites is 2. The van der Waals surface area contributed by atoms with E-state index in [1.807, 2.05) is 55.5 Å². The molecule has 148 valence electrons. The maximum atomic E-state index is 14.8. The third-order valence-corrected chi connectivity index (χ3v) is 5.47. The van der Waals surface area contributed by atoms with E-state index < -0.39 is 5.82 Å². The minimum Gasteiger partial charge on any atom is -0.439 e. The minimum atomic E-state index is -0.414. The molecule has 0 fully saturated rings. The second-order valence-corrected chi connectivity index (χ2v) is 7.31. The van der Waals surface area contributed by atoms with Crippen LogP contribution in [-0.4, -0.2) is 4.57 Å². The van der Waals surface area contributed by atoms with Gasteiger partial charge in [0.2, 0.25) is 5.88 Å². The van der Waals surface area contributed by atoms with Crippen LogP contribution >= 0.6 is 0 Å². The van der Waals surface area contributed by atoms with E-state index in [1.165, 1.54) is 6.07 Å². The van der Waals surface area contributed by atoms with Crippen LogP contribution in [-0.2, 0) is 7.05 Å². The van der Waals surface area contributed by atoms with E-state index in [0.29, 0.717) is 28.0 Å². The summed E-state index contributed by atoms with van der Waals surface area (Å²) in [5.74, 6) is -0.0684. The summed E-state index contributed by atoms with van der Waals surface area (Å²) >= 11 is 0. The van der Waals surface area contributed by atoms with Crippen molar-refractivity contribution in [2.24, 2.45) is 7.05 Å². The predicted octanol–water partition coefficient (Wildman–Crippen LogP) is 6.14. The molecule has 0 aliphatic heterocycles. The van der Waals surface area contributed by atoms with Crippen molar-refractivity contribution >= 4 is 33.4 Å². The molecule has 0 amide bonds. The molecule has 5 rings (SSSR count). The number of nitrogens with one attached hydrogen (secondary N) is 1. The number of aromatic nitrogens is 1. The molecule has 2 heterocycles. The van der Waals surface area contributed by atoms with Gasteiger partial charge in [0.05, 0.1) is 16.5 Å². The second kappa shape index (κ2) is 6.88. The van der Waals surface area contributed by atoms with Gasteiger partial charge in [0, 0.05) is 23.7 Å². The van der Waals surface area contributed by atoms with E-state index in [0.717, 1.165) is 22.2 Å². The smallest absolute Gasteiger partial charge is 0.262 e. The molecule has 5 aromatic rings. The molecule has 0 aliphatic rings. The Morgan fingerprint density at radius 1 is 0.933 bits per heavy atom. The van der Waals surface area contributed by atoms with Gasteiger partial charge in [-0.05, 0) is 36.8 Å². The summed E-state index contributed by atoms with van der Waals surface area (Å²) in [6.45, 7) is 1.97. The number of benzene rings is 3. The zero-order chi connectivity index (χ0) is 20.8. The number of fused-ring (bicyclic) bond motifs is 3. The average Bonchev–Trinajstić information content (AvgIpc) is 3.13. The van der Waals surface area contributed by atoms with Gasteiger partial charge in [0.25, 0.3) is 5.56 Å². The molecule has 0 bridgehead atoms. The monoisotopic (exact) mass is 398 g/mol. The first kappa shape index (κ1) is 18.2. The second-order valence-electron chi connectivity index (χ2n) is 7.31. The zero-order valence-electron chi connectivity index (χ0n) is 16.6. The van der Waals surface area contributed by atoms with Crippen molar-refractivity contribution in [3.8, 4) is 11.1 Å². The molecule has 5 heteroatoms. The standard InChI is InChI=1S/C25H19FN2O2/c1-15-9-3-7-13-19(15)27-24-21(16-10-4-6-12-18(16)26)22-23(30-24)17-11-5-8-14-20(17)28(2)25(22)29/h3-14,27H,1-2H3. The number of furan rings is 1. The molecule has 0 radical (unpaired) electrons. The van der Waals surface area contributed by atoms with Crippen LogP contribution in [0.2, 0.25) is 0 Å². The van der Waals surface area contributed by atoms with Crippen molar-refractivity contribution in [3.05, 3.63) is 94.5 Å². The lowest BCUT2D eigenvalue weighted by Gasteiger charge is -2.09. The molecule has 0 aliphatic carbocycles. The van der Waals surface area contributed by atoms with Gasteiger partial charge in [-0.25, -0.2) is 4.39 Å². The predicted molar refractivity (Wildman–Crippen MR) is 119 cm³/mol. The number of hydrogen-bond acceptors (Lipinski definition) is 3. The highest BCUT2D eigenvalue weighted by atomic mass is 19.1. The fourth-order valence-electron chi connectivity index (χ4n) is 3.90. The highest BCUT2D eigenvalue weighted by Crippen LogP contribution is 2.41. The molecular weight excluding hydrogens is 379 g/mol. The Kier molecular flexibility index (Phi) is 4.17. The van der Waals surface area contributed by atoms with Crippen molar-refractivity contribution < 1.29 is 8.81 Å². The third-order valence-electron chi connectivity index (χ3n) is 5.47. The largest absolute Gasteiger partial charge is 0.439 e. The molecule has 0 unspecified atom stereocenters. The summed E-state index contributed by atoms with van der Waals surface area (Å²) < 4.78 is 22.7. The van der Waals surface area contributed by atoms with Gasteiger partial charge in [-0.1, -0.05) is 48.5 Å². The summed E-state index contributed by atoms with van der Waals surface area (Å²) in [6.07, 6.45) is 0. The molecule has 1 N–H and O–H groups in total. The van der Waals surface area contributed by atoms with Crippen LogP contribution < -0.4 is 10.9 Å². The quantitative estimate of drug-likeness (QED) is 0.397. The molecule has 4 nitrogen and oxygen atoms in total. The van der Waals surface area contributed by atoms with Crippen LogP contribution in [0.15, 0.2) is 82.0 Å². The van der Waals surface area contributed by atoms with Gasteiger partial charge >= 0.3 is 0 Å². The van der Waals surface area contributed by atoms with Gasteiger partial charge in [-0.2, -0.15) is 0 Å². The molecule has 0 saturated heterocycles. The van der Waals surface area contributed by atoms with Crippen LogP contribution in [0.3, 0.4) is 0 Å². The Balaban J connectivity index is 1.92. The number of pyridine rings is 1. The third kappa shape index (κ3) is 2.70. The van der Waals surface area contributed by atoms with Crippen LogP contribution in [0.5, 0.6) is 0 Å². The lowest BCUT2D eigenvalue weighted by molar-refractivity contribution is 0.626. The molecule has 0 saturated carbocycles. The lowest BCUT2D eigenvalue weighted by atomic mass is 10.0. The maximum Gasteiger partial charge on any atom is 0.262 e. The summed E-state index contributed by atoms with van der Waals surface area (Å²) in [4.78, 5) is 13.3. The fourth-order valence-corrected chi connectivity index (χ4v) is 3.90. The normalized spacial score (nSPS) is 11.3. The number of anilines is 2. The number of hydrogen-bond donors (Lipinski definition) is 1. The number of nitrogens with zero attached hydrogens (tertiary/aromatic N) is 1. The van der Waals surface area contributed by atoms with Gasteiger partial charge in [0.1, 0.15) is 5.82 Å². The molecule has 2 aromatic heterocycles. The molecule has 0 spiro atoms. The Bertz CT molecular complexity index is 1480. The van der Waals surface area contributed by atoms with Crippen LogP contribution in [0.25, 0.3) is 33.0 Å². The maximum absolute atomic E-state index is 14.8. The number of halogens is 1. The van der Waals surface area contributed by atoms with E-state index >= 15 is 0 Å². The summed E-state index contributed by atoms with van der Waals surface area (Å²) in [7, 11) is 1.72. The van der Waals surface area contributed by atoms with E-state index in [2.05, 4.69) is 5.32 Å². The summed E-state index contributed by atoms with van der Waals surface area (Å²) in [5.41, 5.74) is 3.56. The van der Waals surface area contributed by atoms with Crippen LogP contribution in [0.1, 0.15) is 5.56 Å². The Hall–Kier alpha value is -3.86. The molecule has 0 atom stereocenters. The Morgan fingerprint density at radius 3 is 2.43 bits per heavy atom. The van der Waals surface area contributed by atoms with E-state index in [4.69, 9.17) is 4.42 Å². The molecular formula is C25H19FN2O2. The molecule has 30 heavy (non-hydrogen) atoms. The van der Waals surface area contributed by atoms with Crippen LogP contribution in [0, 0.1) is 12.7 Å². The first-order valence-electron chi connectivity index (χ1n) is 9.68. The van der Waals surface area contributed by atoms with Gasteiger partial charge in [-0.15, -0.1) is 0 Å². The summed E-state index contributed by atoms with van der Waals surface area (Å²) in [5, 5.41) is 4.44. The highest BCUT2D eigenvalue weighted by molar-refractivity contribution is 6.11. The van der Waals surface area contributed by atoms with E-state index in [9.17, 15) is 9.18 Å². The van der Waals surface area contributed by atoms with Gasteiger partial charge in [0.15, 0.2) is 5.58 Å². The topological polar surface area (TPSA) is 47.2 Å². The Morgan fingerprint density at radius 2 is 1.63 bits per heavy atom. The highest BCUT2D eigenvalue weighted by Gasteiger charge is 2.24. The van der Waals surface area contributed by atoms with Crippen molar-refractivity contribution in [1.82, 2.24) is 4.57 Å². The Labute approximate surface area is 172 Å². The van der Waals surface area contributed by atoms with E-state index in [-0.39, 0.29) is 5.56 Å². The van der Waals surface area contributed by atoms with Crippen molar-refractivity contribution in [2.45, 2.75) is 6.92 Å². The van der Waals surface area contributed by atoms with Crippen molar-refractivity contribution in [3.63, 3.8) is 0 Å². The van der Waals surface area contributed by atoms with Gasteiger partial charge < -0.3 is 14.3 Å². The first-order chi connectivity index (χ1) is 14.6. The molecule has 3 aromatic carbocycles. The number of aryl methyl sites for hydroxylation is 2. The lowest BCUT2D eigenvalue weighted by Crippen LogP contribution is -2.17. The fraction of sp³-hybridized carbons (Fsp3) is 0.0800. The minimum absolute atomic E-state index is 0.233. The van der Waals surface area contributed by atoms with E-state index in [1.54, 1.807) is 29.8 Å². The van der Waals surface area contributed by atoms with Crippen LogP contribution in [0.4, 0.5) is 16.0 Å². The average molecular weight is 398 g/mol. The van der Waals surface area contributed by atoms with Crippen molar-refractivity contribution in [2.75, 3.05) is 5.32 Å². The SMILES string of the molecule is Cc1ccccc1Nc1oc2c(c1-c1ccccc1F)c(=O)n(C)c1ccccc21. The number of rotatable bonds is 3. The summed E-state index contributed by atoms with van der Waals surface area (Å²) in [6, 6.07) is 21.7. The zero-order valence-corrected chi connectivity index (χ0v) is 16.6.